The van der Waals surface area contributed by atoms with E-state index in [1.165, 1.54) is 0 Å². The summed E-state index contributed by atoms with van der Waals surface area (Å²) in [5.74, 6) is -0.354. The monoisotopic (exact) mass is 278 g/mol. The molecule has 0 radical (unpaired) electrons. The zero-order valence-electron chi connectivity index (χ0n) is 11.0. The van der Waals surface area contributed by atoms with Crippen molar-refractivity contribution in [3.8, 4) is 0 Å². The number of aliphatic hydroxyl groups is 1. The van der Waals surface area contributed by atoms with E-state index < -0.39 is 18.2 Å². The number of carbonyl (C=O) groups is 2. The lowest BCUT2D eigenvalue weighted by Crippen LogP contribution is -2.46. The molecule has 1 saturated heterocycles. The van der Waals surface area contributed by atoms with Crippen LogP contribution in [0.15, 0.2) is 30.3 Å². The average Bonchev–Trinajstić information content (AvgIpc) is 2.95. The smallest absolute Gasteiger partial charge is 0.407 e. The highest BCUT2D eigenvalue weighted by Gasteiger charge is 2.34. The minimum atomic E-state index is -1.08. The van der Waals surface area contributed by atoms with Crippen molar-refractivity contribution in [2.24, 2.45) is 0 Å². The fourth-order valence-electron chi connectivity index (χ4n) is 2.46. The highest BCUT2D eigenvalue weighted by atomic mass is 16.4. The van der Waals surface area contributed by atoms with Gasteiger partial charge in [-0.05, 0) is 18.4 Å². The fraction of sp³-hybridized carbons (Fsp3) is 0.429. The van der Waals surface area contributed by atoms with Crippen LogP contribution in [-0.2, 0) is 4.79 Å². The number of carbonyl (C=O) groups excluding carboxylic acids is 1. The van der Waals surface area contributed by atoms with Crippen molar-refractivity contribution in [1.82, 2.24) is 10.2 Å². The van der Waals surface area contributed by atoms with Crippen LogP contribution in [0.25, 0.3) is 0 Å². The summed E-state index contributed by atoms with van der Waals surface area (Å²) < 4.78 is 0. The Morgan fingerprint density at radius 1 is 1.35 bits per heavy atom. The molecule has 6 heteroatoms. The molecule has 20 heavy (non-hydrogen) atoms. The van der Waals surface area contributed by atoms with Gasteiger partial charge in [0.15, 0.2) is 0 Å². The van der Waals surface area contributed by atoms with Crippen LogP contribution in [0, 0.1) is 0 Å². The Morgan fingerprint density at radius 2 is 2.05 bits per heavy atom. The van der Waals surface area contributed by atoms with Gasteiger partial charge in [-0.2, -0.15) is 0 Å². The van der Waals surface area contributed by atoms with E-state index in [4.69, 9.17) is 5.11 Å². The first-order valence-corrected chi connectivity index (χ1v) is 6.59. The summed E-state index contributed by atoms with van der Waals surface area (Å²) in [5, 5.41) is 21.2. The van der Waals surface area contributed by atoms with Crippen molar-refractivity contribution in [2.45, 2.75) is 24.9 Å². The minimum Gasteiger partial charge on any atom is -0.465 e. The number of benzene rings is 1. The topological polar surface area (TPSA) is 89.9 Å². The Balaban J connectivity index is 2.04. The predicted octanol–water partition coefficient (Wildman–Crippen LogP) is 0.979. The lowest BCUT2D eigenvalue weighted by molar-refractivity contribution is -0.126. The van der Waals surface area contributed by atoms with Crippen molar-refractivity contribution in [1.29, 1.82) is 0 Å². The predicted molar refractivity (Wildman–Crippen MR) is 72.2 cm³/mol. The maximum Gasteiger partial charge on any atom is 0.407 e. The second-order valence-electron chi connectivity index (χ2n) is 4.79. The number of hydrogen-bond donors (Lipinski definition) is 3. The summed E-state index contributed by atoms with van der Waals surface area (Å²) in [4.78, 5) is 24.4. The highest BCUT2D eigenvalue weighted by molar-refractivity contribution is 5.86. The maximum absolute atomic E-state index is 12.2. The summed E-state index contributed by atoms with van der Waals surface area (Å²) in [5.41, 5.74) is 0.795. The third-order valence-corrected chi connectivity index (χ3v) is 3.50. The highest BCUT2D eigenvalue weighted by Crippen LogP contribution is 2.19. The number of carboxylic acid groups (broad SMARTS) is 1. The van der Waals surface area contributed by atoms with Crippen LogP contribution in [0.1, 0.15) is 24.4 Å². The van der Waals surface area contributed by atoms with E-state index in [1.54, 1.807) is 0 Å². The molecule has 0 aromatic heterocycles. The largest absolute Gasteiger partial charge is 0.465 e. The first-order chi connectivity index (χ1) is 9.63. The molecular weight excluding hydrogens is 260 g/mol. The zero-order chi connectivity index (χ0) is 14.5. The zero-order valence-corrected chi connectivity index (χ0v) is 11.0. The third kappa shape index (κ3) is 3.08. The second kappa shape index (κ2) is 6.38. The molecule has 0 saturated carbocycles. The Kier molecular flexibility index (Phi) is 4.57. The van der Waals surface area contributed by atoms with E-state index in [9.17, 15) is 14.7 Å². The quantitative estimate of drug-likeness (QED) is 0.765. The van der Waals surface area contributed by atoms with Gasteiger partial charge in [-0.3, -0.25) is 9.69 Å². The number of aliphatic hydroxyl groups excluding tert-OH is 1. The number of hydrogen-bond acceptors (Lipinski definition) is 3. The first-order valence-electron chi connectivity index (χ1n) is 6.59. The molecule has 108 valence electrons. The van der Waals surface area contributed by atoms with E-state index in [-0.39, 0.29) is 12.5 Å². The van der Waals surface area contributed by atoms with Crippen LogP contribution in [0.2, 0.25) is 0 Å². The van der Waals surface area contributed by atoms with E-state index in [1.807, 2.05) is 30.3 Å². The molecule has 1 aliphatic heterocycles. The number of nitrogens with one attached hydrogen (secondary N) is 1. The molecule has 1 fully saturated rings. The van der Waals surface area contributed by atoms with Gasteiger partial charge in [-0.1, -0.05) is 30.3 Å². The van der Waals surface area contributed by atoms with Gasteiger partial charge in [0.1, 0.15) is 6.04 Å². The van der Waals surface area contributed by atoms with Gasteiger partial charge in [0.05, 0.1) is 12.6 Å². The Labute approximate surface area is 117 Å². The number of amides is 2. The van der Waals surface area contributed by atoms with Gasteiger partial charge in [-0.25, -0.2) is 4.79 Å². The summed E-state index contributed by atoms with van der Waals surface area (Å²) in [6.45, 7) is 0.151. The Morgan fingerprint density at radius 3 is 2.65 bits per heavy atom. The molecule has 0 unspecified atom stereocenters. The van der Waals surface area contributed by atoms with Crippen LogP contribution in [0.5, 0.6) is 0 Å². The third-order valence-electron chi connectivity index (χ3n) is 3.50. The fourth-order valence-corrected chi connectivity index (χ4v) is 2.46. The van der Waals surface area contributed by atoms with Gasteiger partial charge in [0.25, 0.3) is 0 Å². The standard InChI is InChI=1S/C14H18N2O4/c17-9-11(10-5-2-1-3-6-10)15-13(18)12-7-4-8-16(12)14(19)20/h1-3,5-6,11-12,17H,4,7-9H2,(H,15,18)(H,19,20)/t11-,12-/m0/s1. The van der Waals surface area contributed by atoms with E-state index in [0.29, 0.717) is 19.4 Å². The van der Waals surface area contributed by atoms with E-state index in [2.05, 4.69) is 5.32 Å². The lowest BCUT2D eigenvalue weighted by atomic mass is 10.1. The van der Waals surface area contributed by atoms with Gasteiger partial charge in [0.2, 0.25) is 5.91 Å². The minimum absolute atomic E-state index is 0.227. The van der Waals surface area contributed by atoms with Crippen LogP contribution in [0.3, 0.4) is 0 Å². The molecule has 3 N–H and O–H groups in total. The Hall–Kier alpha value is -2.08. The van der Waals surface area contributed by atoms with Crippen molar-refractivity contribution >= 4 is 12.0 Å². The van der Waals surface area contributed by atoms with Gasteiger partial charge < -0.3 is 15.5 Å². The van der Waals surface area contributed by atoms with Crippen molar-refractivity contribution in [3.63, 3.8) is 0 Å². The van der Waals surface area contributed by atoms with Crippen molar-refractivity contribution in [3.05, 3.63) is 35.9 Å². The van der Waals surface area contributed by atoms with Crippen molar-refractivity contribution in [2.75, 3.05) is 13.2 Å². The molecule has 1 heterocycles. The molecule has 0 spiro atoms. The first kappa shape index (κ1) is 14.3. The molecule has 6 nitrogen and oxygen atoms in total. The lowest BCUT2D eigenvalue weighted by Gasteiger charge is -2.24. The molecule has 2 atom stereocenters. The molecule has 1 aromatic rings. The van der Waals surface area contributed by atoms with Gasteiger partial charge in [-0.15, -0.1) is 0 Å². The number of likely N-dealkylation sites (tertiary alicyclic amines) is 1. The molecule has 1 aliphatic rings. The molecular formula is C14H18N2O4. The second-order valence-corrected chi connectivity index (χ2v) is 4.79. The summed E-state index contributed by atoms with van der Waals surface area (Å²) in [7, 11) is 0. The summed E-state index contributed by atoms with van der Waals surface area (Å²) in [6.07, 6.45) is 0.118. The van der Waals surface area contributed by atoms with Crippen LogP contribution in [-0.4, -0.2) is 46.3 Å². The average molecular weight is 278 g/mol. The molecule has 0 bridgehead atoms. The SMILES string of the molecule is O=C(N[C@@H](CO)c1ccccc1)[C@@H]1CCCN1C(=O)O. The summed E-state index contributed by atoms with van der Waals surface area (Å²) >= 11 is 0. The van der Waals surface area contributed by atoms with Crippen LogP contribution < -0.4 is 5.32 Å². The Bertz CT molecular complexity index is 477. The number of nitrogens with zero attached hydrogens (tertiary/aromatic N) is 1. The van der Waals surface area contributed by atoms with Crippen LogP contribution >= 0.6 is 0 Å². The normalized spacial score (nSPS) is 19.6. The van der Waals surface area contributed by atoms with Gasteiger partial charge in [0, 0.05) is 6.54 Å². The van der Waals surface area contributed by atoms with Crippen LogP contribution in [0.4, 0.5) is 4.79 Å². The van der Waals surface area contributed by atoms with E-state index >= 15 is 0 Å². The number of rotatable bonds is 4. The molecule has 2 amide bonds. The van der Waals surface area contributed by atoms with Crippen molar-refractivity contribution < 1.29 is 19.8 Å². The summed E-state index contributed by atoms with van der Waals surface area (Å²) in [6, 6.07) is 7.94. The molecule has 2 rings (SSSR count). The molecule has 0 aliphatic carbocycles. The maximum atomic E-state index is 12.2. The van der Waals surface area contributed by atoms with Gasteiger partial charge >= 0.3 is 6.09 Å². The van der Waals surface area contributed by atoms with E-state index in [0.717, 1.165) is 10.5 Å². The molecule has 1 aromatic carbocycles.